The van der Waals surface area contributed by atoms with Crippen molar-refractivity contribution in [1.29, 1.82) is 0 Å². The highest BCUT2D eigenvalue weighted by atomic mass is 16.6. The Morgan fingerprint density at radius 2 is 1.86 bits per heavy atom. The average Bonchev–Trinajstić information content (AvgIpc) is 2.36. The molecule has 21 heavy (non-hydrogen) atoms. The van der Waals surface area contributed by atoms with Crippen molar-refractivity contribution in [2.75, 3.05) is 0 Å². The molecule has 0 saturated heterocycles. The molecule has 1 aromatic carbocycles. The molecule has 0 spiro atoms. The molecule has 0 aliphatic carbocycles. The van der Waals surface area contributed by atoms with Crippen LogP contribution in [0.25, 0.3) is 0 Å². The van der Waals surface area contributed by atoms with Gasteiger partial charge in [-0.05, 0) is 38.8 Å². The van der Waals surface area contributed by atoms with Crippen LogP contribution in [0.3, 0.4) is 0 Å². The second-order valence-corrected chi connectivity index (χ2v) is 5.76. The van der Waals surface area contributed by atoms with Crippen molar-refractivity contribution in [1.82, 2.24) is 0 Å². The summed E-state index contributed by atoms with van der Waals surface area (Å²) in [5, 5.41) is 8.87. The van der Waals surface area contributed by atoms with E-state index in [0.717, 1.165) is 5.56 Å². The van der Waals surface area contributed by atoms with Crippen LogP contribution in [0.2, 0.25) is 0 Å². The van der Waals surface area contributed by atoms with Gasteiger partial charge < -0.3 is 15.6 Å². The van der Waals surface area contributed by atoms with E-state index in [4.69, 9.17) is 15.6 Å². The van der Waals surface area contributed by atoms with Crippen LogP contribution in [0.15, 0.2) is 42.1 Å². The van der Waals surface area contributed by atoms with Crippen LogP contribution in [-0.2, 0) is 20.7 Å². The predicted octanol–water partition coefficient (Wildman–Crippen LogP) is 2.11. The summed E-state index contributed by atoms with van der Waals surface area (Å²) >= 11 is 0. The molecule has 1 unspecified atom stereocenters. The lowest BCUT2D eigenvalue weighted by atomic mass is 9.98. The first-order chi connectivity index (χ1) is 9.69. The zero-order valence-electron chi connectivity index (χ0n) is 12.5. The third-order valence-electron chi connectivity index (χ3n) is 2.64. The molecule has 114 valence electrons. The fourth-order valence-corrected chi connectivity index (χ4v) is 1.74. The van der Waals surface area contributed by atoms with Crippen molar-refractivity contribution in [3.8, 4) is 0 Å². The Hall–Kier alpha value is -2.30. The molecule has 0 aliphatic heterocycles. The predicted molar refractivity (Wildman–Crippen MR) is 79.4 cm³/mol. The number of hydrogen-bond donors (Lipinski definition) is 2. The van der Waals surface area contributed by atoms with Gasteiger partial charge in [0, 0.05) is 0 Å². The monoisotopic (exact) mass is 291 g/mol. The van der Waals surface area contributed by atoms with Gasteiger partial charge in [-0.15, -0.1) is 0 Å². The lowest BCUT2D eigenvalue weighted by Crippen LogP contribution is -2.30. The number of ether oxygens (including phenoxy) is 1. The number of rotatable bonds is 5. The molecule has 5 nitrogen and oxygen atoms in total. The van der Waals surface area contributed by atoms with Crippen molar-refractivity contribution in [2.45, 2.75) is 32.8 Å². The van der Waals surface area contributed by atoms with Crippen LogP contribution in [-0.4, -0.2) is 22.6 Å². The standard InChI is InChI=1S/C16H21NO4/c1-16(2,3)21-15(20)12(10-13(17)14(18)19)9-11-7-5-4-6-8-11/h4-8,10,12H,9,17H2,1-3H3,(H,18,19). The molecule has 1 rings (SSSR count). The molecule has 0 bridgehead atoms. The first kappa shape index (κ1) is 16.8. The first-order valence-electron chi connectivity index (χ1n) is 6.66. The summed E-state index contributed by atoms with van der Waals surface area (Å²) in [6, 6.07) is 9.30. The SMILES string of the molecule is CC(C)(C)OC(=O)C(C=C(N)C(=O)O)Cc1ccccc1. The summed E-state index contributed by atoms with van der Waals surface area (Å²) in [6.07, 6.45) is 1.58. The van der Waals surface area contributed by atoms with Gasteiger partial charge in [-0.2, -0.15) is 0 Å². The lowest BCUT2D eigenvalue weighted by Gasteiger charge is -2.23. The fourth-order valence-electron chi connectivity index (χ4n) is 1.74. The van der Waals surface area contributed by atoms with E-state index < -0.39 is 23.5 Å². The summed E-state index contributed by atoms with van der Waals surface area (Å²) in [5.41, 5.74) is 5.33. The van der Waals surface area contributed by atoms with Gasteiger partial charge in [0.15, 0.2) is 0 Å². The molecule has 0 aromatic heterocycles. The third-order valence-corrected chi connectivity index (χ3v) is 2.64. The topological polar surface area (TPSA) is 89.6 Å². The van der Waals surface area contributed by atoms with E-state index in [9.17, 15) is 9.59 Å². The zero-order valence-corrected chi connectivity index (χ0v) is 12.5. The van der Waals surface area contributed by atoms with Gasteiger partial charge in [0.1, 0.15) is 11.3 Å². The molecule has 0 heterocycles. The van der Waals surface area contributed by atoms with Crippen LogP contribution < -0.4 is 5.73 Å². The van der Waals surface area contributed by atoms with Crippen molar-refractivity contribution < 1.29 is 19.4 Å². The van der Waals surface area contributed by atoms with Crippen molar-refractivity contribution in [3.05, 3.63) is 47.7 Å². The second kappa shape index (κ2) is 6.92. The molecule has 1 aromatic rings. The van der Waals surface area contributed by atoms with E-state index in [2.05, 4.69) is 0 Å². The molecular weight excluding hydrogens is 270 g/mol. The Bertz CT molecular complexity index is 529. The average molecular weight is 291 g/mol. The van der Waals surface area contributed by atoms with Crippen molar-refractivity contribution in [2.24, 2.45) is 11.7 Å². The van der Waals surface area contributed by atoms with E-state index in [-0.39, 0.29) is 5.70 Å². The number of esters is 1. The van der Waals surface area contributed by atoms with Gasteiger partial charge in [0.05, 0.1) is 5.92 Å². The molecule has 0 amide bonds. The first-order valence-corrected chi connectivity index (χ1v) is 6.66. The zero-order chi connectivity index (χ0) is 16.0. The third kappa shape index (κ3) is 6.12. The highest BCUT2D eigenvalue weighted by molar-refractivity contribution is 5.87. The Balaban J connectivity index is 2.97. The number of carbonyl (C=O) groups excluding carboxylic acids is 1. The Morgan fingerprint density at radius 1 is 1.29 bits per heavy atom. The molecule has 3 N–H and O–H groups in total. The summed E-state index contributed by atoms with van der Waals surface area (Å²) < 4.78 is 5.32. The number of carboxylic acids is 1. The Kier molecular flexibility index (Phi) is 5.52. The number of aliphatic carboxylic acids is 1. The van der Waals surface area contributed by atoms with Crippen LogP contribution >= 0.6 is 0 Å². The number of benzene rings is 1. The highest BCUT2D eigenvalue weighted by Gasteiger charge is 2.25. The molecule has 0 aliphatic rings. The van der Waals surface area contributed by atoms with Crippen molar-refractivity contribution >= 4 is 11.9 Å². The molecule has 0 fully saturated rings. The van der Waals surface area contributed by atoms with Gasteiger partial charge in [0.25, 0.3) is 0 Å². The minimum absolute atomic E-state index is 0.337. The van der Waals surface area contributed by atoms with E-state index in [1.54, 1.807) is 20.8 Å². The fraction of sp³-hybridized carbons (Fsp3) is 0.375. The maximum Gasteiger partial charge on any atom is 0.351 e. The summed E-state index contributed by atoms with van der Waals surface area (Å²) in [6.45, 7) is 5.28. The molecule has 0 saturated carbocycles. The van der Waals surface area contributed by atoms with Crippen LogP contribution in [0.4, 0.5) is 0 Å². The molecule has 1 atom stereocenters. The van der Waals surface area contributed by atoms with E-state index >= 15 is 0 Å². The minimum atomic E-state index is -1.25. The number of carbonyl (C=O) groups is 2. The number of hydrogen-bond acceptors (Lipinski definition) is 4. The number of nitrogens with two attached hydrogens (primary N) is 1. The van der Waals surface area contributed by atoms with Gasteiger partial charge in [-0.3, -0.25) is 4.79 Å². The summed E-state index contributed by atoms with van der Waals surface area (Å²) in [5.74, 6) is -2.48. The van der Waals surface area contributed by atoms with Gasteiger partial charge in [-0.25, -0.2) is 4.79 Å². The normalized spacial score (nSPS) is 13.6. The summed E-state index contributed by atoms with van der Waals surface area (Å²) in [4.78, 5) is 23.1. The maximum atomic E-state index is 12.2. The van der Waals surface area contributed by atoms with E-state index in [0.29, 0.717) is 6.42 Å². The van der Waals surface area contributed by atoms with E-state index in [1.165, 1.54) is 6.08 Å². The van der Waals surface area contributed by atoms with Crippen LogP contribution in [0.1, 0.15) is 26.3 Å². The van der Waals surface area contributed by atoms with Gasteiger partial charge in [-0.1, -0.05) is 30.3 Å². The van der Waals surface area contributed by atoms with Crippen LogP contribution in [0, 0.1) is 5.92 Å². The summed E-state index contributed by atoms with van der Waals surface area (Å²) in [7, 11) is 0. The lowest BCUT2D eigenvalue weighted by molar-refractivity contribution is -0.158. The van der Waals surface area contributed by atoms with Gasteiger partial charge >= 0.3 is 11.9 Å². The highest BCUT2D eigenvalue weighted by Crippen LogP contribution is 2.17. The molecule has 0 radical (unpaired) electrons. The van der Waals surface area contributed by atoms with E-state index in [1.807, 2.05) is 30.3 Å². The Morgan fingerprint density at radius 3 is 2.33 bits per heavy atom. The number of carboxylic acid groups (broad SMARTS) is 1. The minimum Gasteiger partial charge on any atom is -0.477 e. The van der Waals surface area contributed by atoms with Crippen molar-refractivity contribution in [3.63, 3.8) is 0 Å². The van der Waals surface area contributed by atoms with Crippen LogP contribution in [0.5, 0.6) is 0 Å². The maximum absolute atomic E-state index is 12.2. The molecular formula is C16H21NO4. The quantitative estimate of drug-likeness (QED) is 0.640. The molecule has 5 heteroatoms. The largest absolute Gasteiger partial charge is 0.477 e. The Labute approximate surface area is 124 Å². The van der Waals surface area contributed by atoms with Gasteiger partial charge in [0.2, 0.25) is 0 Å². The smallest absolute Gasteiger partial charge is 0.351 e. The second-order valence-electron chi connectivity index (χ2n) is 5.76.